The fraction of sp³-hybridized carbons (Fsp3) is 0.550. The van der Waals surface area contributed by atoms with Crippen molar-refractivity contribution in [1.29, 1.82) is 0 Å². The number of benzene rings is 1. The van der Waals surface area contributed by atoms with Gasteiger partial charge >= 0.3 is 5.97 Å². The summed E-state index contributed by atoms with van der Waals surface area (Å²) in [5.41, 5.74) is 0.667. The van der Waals surface area contributed by atoms with Crippen molar-refractivity contribution in [3.63, 3.8) is 0 Å². The first kappa shape index (κ1) is 16.1. The zero-order valence-corrected chi connectivity index (χ0v) is 15.2. The van der Waals surface area contributed by atoms with E-state index in [1.807, 2.05) is 12.1 Å². The van der Waals surface area contributed by atoms with Crippen molar-refractivity contribution >= 4 is 5.97 Å². The number of likely N-dealkylation sites (tertiary alicyclic amines) is 1. The predicted molar refractivity (Wildman–Crippen MR) is 93.2 cm³/mol. The van der Waals surface area contributed by atoms with Crippen LogP contribution in [-0.4, -0.2) is 54.4 Å². The smallest absolute Gasteiger partial charge is 0.307 e. The van der Waals surface area contributed by atoms with Gasteiger partial charge in [0.15, 0.2) is 17.6 Å². The first-order chi connectivity index (χ1) is 12.4. The van der Waals surface area contributed by atoms with Gasteiger partial charge in [-0.05, 0) is 44.1 Å². The Morgan fingerprint density at radius 1 is 1.42 bits per heavy atom. The van der Waals surface area contributed by atoms with E-state index in [2.05, 4.69) is 18.0 Å². The summed E-state index contributed by atoms with van der Waals surface area (Å²) in [6.45, 7) is 2.25. The van der Waals surface area contributed by atoms with Gasteiger partial charge in [0.25, 0.3) is 0 Å². The molecule has 2 aliphatic carbocycles. The van der Waals surface area contributed by atoms with E-state index in [9.17, 15) is 9.90 Å². The molecule has 4 aliphatic rings. The van der Waals surface area contributed by atoms with Gasteiger partial charge in [0.2, 0.25) is 0 Å². The highest BCUT2D eigenvalue weighted by atomic mass is 16.6. The van der Waals surface area contributed by atoms with E-state index < -0.39 is 17.1 Å². The van der Waals surface area contributed by atoms with E-state index in [0.717, 1.165) is 24.9 Å². The van der Waals surface area contributed by atoms with Crippen LogP contribution in [0.4, 0.5) is 0 Å². The van der Waals surface area contributed by atoms with Crippen LogP contribution in [-0.2, 0) is 21.4 Å². The number of hydrogen-bond donors (Lipinski definition) is 1. The standard InChI is InChI=1S/C20H23NO5/c1-11(22)25-14-6-7-20(23)15-10-12-4-5-13(24-3)17-16(12)19(20,18(14)26-17)8-9-21(15)2/h4-6,15,18,23H,7-10H2,1-3H3/t15-,18?,19+,20-/m1/s1. The molecule has 2 aliphatic heterocycles. The number of methoxy groups -OCH3 is 1. The second kappa shape index (κ2) is 5.02. The molecule has 0 amide bonds. The average molecular weight is 357 g/mol. The summed E-state index contributed by atoms with van der Waals surface area (Å²) in [4.78, 5) is 13.9. The molecular weight excluding hydrogens is 334 g/mol. The molecule has 5 rings (SSSR count). The molecule has 1 fully saturated rings. The van der Waals surface area contributed by atoms with E-state index in [4.69, 9.17) is 14.2 Å². The van der Waals surface area contributed by atoms with E-state index in [0.29, 0.717) is 23.7 Å². The Morgan fingerprint density at radius 3 is 2.96 bits per heavy atom. The summed E-state index contributed by atoms with van der Waals surface area (Å²) in [7, 11) is 3.69. The Kier molecular flexibility index (Phi) is 3.12. The highest BCUT2D eigenvalue weighted by Gasteiger charge is 2.72. The lowest BCUT2D eigenvalue weighted by Gasteiger charge is -2.61. The number of esters is 1. The van der Waals surface area contributed by atoms with E-state index in [1.54, 1.807) is 7.11 Å². The first-order valence-corrected chi connectivity index (χ1v) is 9.10. The maximum Gasteiger partial charge on any atom is 0.307 e. The van der Waals surface area contributed by atoms with Crippen LogP contribution >= 0.6 is 0 Å². The molecule has 26 heavy (non-hydrogen) atoms. The Balaban J connectivity index is 1.79. The fourth-order valence-electron chi connectivity index (χ4n) is 5.75. The molecule has 2 heterocycles. The van der Waals surface area contributed by atoms with Gasteiger partial charge in [-0.2, -0.15) is 0 Å². The van der Waals surface area contributed by atoms with Crippen LogP contribution in [0, 0.1) is 0 Å². The van der Waals surface area contributed by atoms with Gasteiger partial charge in [0.05, 0.1) is 18.1 Å². The number of aliphatic hydroxyl groups is 1. The van der Waals surface area contributed by atoms with E-state index >= 15 is 0 Å². The van der Waals surface area contributed by atoms with Crippen molar-refractivity contribution in [2.45, 2.75) is 49.3 Å². The molecule has 1 aromatic carbocycles. The van der Waals surface area contributed by atoms with Crippen molar-refractivity contribution in [3.8, 4) is 11.5 Å². The fourth-order valence-corrected chi connectivity index (χ4v) is 5.75. The summed E-state index contributed by atoms with van der Waals surface area (Å²) in [5.74, 6) is 1.49. The molecule has 138 valence electrons. The maximum atomic E-state index is 12.0. The molecule has 1 aromatic rings. The maximum absolute atomic E-state index is 12.0. The van der Waals surface area contributed by atoms with Crippen LogP contribution < -0.4 is 9.47 Å². The van der Waals surface area contributed by atoms with Crippen LogP contribution in [0.3, 0.4) is 0 Å². The first-order valence-electron chi connectivity index (χ1n) is 9.10. The van der Waals surface area contributed by atoms with Gasteiger partial charge in [0, 0.05) is 24.9 Å². The highest BCUT2D eigenvalue weighted by molar-refractivity contribution is 5.69. The molecule has 1 N–H and O–H groups in total. The van der Waals surface area contributed by atoms with Crippen LogP contribution in [0.2, 0.25) is 0 Å². The number of nitrogens with zero attached hydrogens (tertiary/aromatic N) is 1. The Hall–Kier alpha value is -2.05. The molecule has 0 saturated carbocycles. The van der Waals surface area contributed by atoms with Gasteiger partial charge in [-0.15, -0.1) is 0 Å². The molecule has 6 heteroatoms. The van der Waals surface area contributed by atoms with Gasteiger partial charge < -0.3 is 24.2 Å². The zero-order chi connectivity index (χ0) is 18.3. The highest BCUT2D eigenvalue weighted by Crippen LogP contribution is 2.65. The lowest BCUT2D eigenvalue weighted by atomic mass is 9.50. The lowest BCUT2D eigenvalue weighted by Crippen LogP contribution is -2.74. The molecular formula is C20H23NO5. The molecule has 1 spiro atoms. The second-order valence-corrected chi connectivity index (χ2v) is 7.88. The zero-order valence-electron chi connectivity index (χ0n) is 15.2. The summed E-state index contributed by atoms with van der Waals surface area (Å²) in [5, 5.41) is 12.0. The molecule has 0 radical (unpaired) electrons. The number of likely N-dealkylation sites (N-methyl/N-ethyl adjacent to an activating group) is 1. The van der Waals surface area contributed by atoms with E-state index in [-0.39, 0.29) is 12.0 Å². The van der Waals surface area contributed by atoms with Crippen LogP contribution in [0.1, 0.15) is 30.9 Å². The van der Waals surface area contributed by atoms with Gasteiger partial charge in [-0.3, -0.25) is 4.79 Å². The minimum absolute atomic E-state index is 0.00400. The summed E-state index contributed by atoms with van der Waals surface area (Å²) >= 11 is 0. The molecule has 6 nitrogen and oxygen atoms in total. The molecule has 1 unspecified atom stereocenters. The summed E-state index contributed by atoms with van der Waals surface area (Å²) in [6.07, 6.45) is 3.29. The molecule has 0 aromatic heterocycles. The Morgan fingerprint density at radius 2 is 2.23 bits per heavy atom. The SMILES string of the molecule is COc1ccc2c3c1OC1C(OC(C)=O)=CC[C@@]4(O)[C@@H](C2)N(C)CC[C@]314. The predicted octanol–water partition coefficient (Wildman–Crippen LogP) is 1.54. The number of ether oxygens (including phenoxy) is 3. The van der Waals surface area contributed by atoms with Gasteiger partial charge in [-0.1, -0.05) is 6.07 Å². The Bertz CT molecular complexity index is 849. The number of carbonyl (C=O) groups excluding carboxylic acids is 1. The third kappa shape index (κ3) is 1.67. The second-order valence-electron chi connectivity index (χ2n) is 7.88. The summed E-state index contributed by atoms with van der Waals surface area (Å²) in [6, 6.07) is 4.02. The third-order valence-electron chi connectivity index (χ3n) is 6.82. The van der Waals surface area contributed by atoms with Gasteiger partial charge in [0.1, 0.15) is 5.76 Å². The quantitative estimate of drug-likeness (QED) is 0.810. The number of piperidine rings is 1. The molecule has 4 atom stereocenters. The minimum atomic E-state index is -0.959. The minimum Gasteiger partial charge on any atom is -0.493 e. The van der Waals surface area contributed by atoms with Crippen LogP contribution in [0.15, 0.2) is 24.0 Å². The monoisotopic (exact) mass is 357 g/mol. The number of hydrogen-bond acceptors (Lipinski definition) is 6. The van der Waals surface area contributed by atoms with Crippen molar-refractivity contribution in [1.82, 2.24) is 4.90 Å². The Labute approximate surface area is 152 Å². The largest absolute Gasteiger partial charge is 0.493 e. The van der Waals surface area contributed by atoms with Crippen LogP contribution in [0.5, 0.6) is 11.5 Å². The van der Waals surface area contributed by atoms with Crippen molar-refractivity contribution in [2.75, 3.05) is 20.7 Å². The van der Waals surface area contributed by atoms with Crippen molar-refractivity contribution in [2.24, 2.45) is 0 Å². The number of rotatable bonds is 2. The number of carbonyl (C=O) groups is 1. The average Bonchev–Trinajstić information content (AvgIpc) is 2.95. The van der Waals surface area contributed by atoms with Gasteiger partial charge in [-0.25, -0.2) is 0 Å². The molecule has 1 saturated heterocycles. The third-order valence-corrected chi connectivity index (χ3v) is 6.82. The normalized spacial score (nSPS) is 36.7. The van der Waals surface area contributed by atoms with E-state index in [1.165, 1.54) is 12.5 Å². The van der Waals surface area contributed by atoms with Crippen molar-refractivity contribution in [3.05, 3.63) is 35.1 Å². The topological polar surface area (TPSA) is 68.2 Å². The molecule has 2 bridgehead atoms. The van der Waals surface area contributed by atoms with Crippen LogP contribution in [0.25, 0.3) is 0 Å². The lowest BCUT2D eigenvalue weighted by molar-refractivity contribution is -0.168. The summed E-state index contributed by atoms with van der Waals surface area (Å²) < 4.78 is 17.4. The van der Waals surface area contributed by atoms with Crippen molar-refractivity contribution < 1.29 is 24.1 Å².